The van der Waals surface area contributed by atoms with Gasteiger partial charge in [0.25, 0.3) is 5.91 Å². The number of nitrogens with one attached hydrogen (secondary N) is 2. The maximum atomic E-state index is 11.5. The van der Waals surface area contributed by atoms with Crippen molar-refractivity contribution < 1.29 is 10.0 Å². The van der Waals surface area contributed by atoms with E-state index >= 15 is 0 Å². The highest BCUT2D eigenvalue weighted by molar-refractivity contribution is 5.96. The fourth-order valence-electron chi connectivity index (χ4n) is 2.35. The van der Waals surface area contributed by atoms with Crippen LogP contribution in [0.2, 0.25) is 0 Å². The first kappa shape index (κ1) is 14.1. The van der Waals surface area contributed by atoms with Crippen molar-refractivity contribution in [2.24, 2.45) is 7.05 Å². The molecule has 0 fully saturated rings. The minimum absolute atomic E-state index is 0.371. The summed E-state index contributed by atoms with van der Waals surface area (Å²) < 4.78 is 1.98. The van der Waals surface area contributed by atoms with Crippen molar-refractivity contribution in [3.8, 4) is 0 Å². The summed E-state index contributed by atoms with van der Waals surface area (Å²) in [5.74, 6) is 0.317. The summed E-state index contributed by atoms with van der Waals surface area (Å²) in [6.07, 6.45) is 0. The van der Waals surface area contributed by atoms with Gasteiger partial charge in [-0.05, 0) is 30.3 Å². The normalized spacial score (nSPS) is 10.6. The Morgan fingerprint density at radius 2 is 2.00 bits per heavy atom. The van der Waals surface area contributed by atoms with E-state index < -0.39 is 5.91 Å². The first-order valence-corrected chi connectivity index (χ1v) is 6.88. The summed E-state index contributed by atoms with van der Waals surface area (Å²) in [5.41, 5.74) is 4.67. The molecule has 1 amide bonds. The second kappa shape index (κ2) is 5.87. The number of imidazole rings is 1. The monoisotopic (exact) mass is 296 g/mol. The van der Waals surface area contributed by atoms with Gasteiger partial charge in [-0.3, -0.25) is 10.0 Å². The van der Waals surface area contributed by atoms with E-state index in [1.54, 1.807) is 17.6 Å². The molecule has 22 heavy (non-hydrogen) atoms. The second-order valence-electron chi connectivity index (χ2n) is 4.95. The maximum Gasteiger partial charge on any atom is 0.274 e. The van der Waals surface area contributed by atoms with Gasteiger partial charge in [-0.25, -0.2) is 10.5 Å². The molecule has 6 heteroatoms. The van der Waals surface area contributed by atoms with E-state index in [0.717, 1.165) is 17.0 Å². The van der Waals surface area contributed by atoms with Crippen molar-refractivity contribution in [2.75, 3.05) is 5.32 Å². The Hall–Kier alpha value is -2.86. The molecule has 0 unspecified atom stereocenters. The third-order valence-electron chi connectivity index (χ3n) is 3.56. The van der Waals surface area contributed by atoms with Crippen molar-refractivity contribution in [1.29, 1.82) is 0 Å². The van der Waals surface area contributed by atoms with Crippen LogP contribution < -0.4 is 10.8 Å². The van der Waals surface area contributed by atoms with Crippen LogP contribution in [-0.2, 0) is 13.6 Å². The Morgan fingerprint density at radius 3 is 2.73 bits per heavy atom. The molecule has 0 aliphatic carbocycles. The summed E-state index contributed by atoms with van der Waals surface area (Å²) in [5, 5.41) is 12.0. The topological polar surface area (TPSA) is 79.2 Å². The molecule has 6 nitrogen and oxygen atoms in total. The van der Waals surface area contributed by atoms with Gasteiger partial charge in [0.1, 0.15) is 5.82 Å². The van der Waals surface area contributed by atoms with E-state index in [0.29, 0.717) is 17.6 Å². The molecular formula is C16H16N4O2. The Kier molecular flexibility index (Phi) is 3.76. The van der Waals surface area contributed by atoms with E-state index in [1.165, 1.54) is 0 Å². The fraction of sp³-hybridized carbons (Fsp3) is 0.125. The molecule has 0 saturated carbocycles. The Labute approximate surface area is 127 Å². The van der Waals surface area contributed by atoms with E-state index in [1.807, 2.05) is 48.0 Å². The molecule has 112 valence electrons. The van der Waals surface area contributed by atoms with Crippen molar-refractivity contribution in [2.45, 2.75) is 6.54 Å². The van der Waals surface area contributed by atoms with Gasteiger partial charge in [0.05, 0.1) is 17.6 Å². The first-order chi connectivity index (χ1) is 10.7. The lowest BCUT2D eigenvalue weighted by atomic mass is 10.2. The van der Waals surface area contributed by atoms with Crippen molar-refractivity contribution in [3.05, 3.63) is 59.9 Å². The standard InChI is InChI=1S/C16H16N4O2/c1-20-14-8-7-11(16(21)19-22)9-13(14)18-15(20)10-17-12-5-3-2-4-6-12/h2-9,17,22H,10H2,1H3,(H,19,21). The SMILES string of the molecule is Cn1c(CNc2ccccc2)nc2cc(C(=O)NO)ccc21. The zero-order valence-electron chi connectivity index (χ0n) is 12.1. The lowest BCUT2D eigenvalue weighted by Gasteiger charge is -2.06. The highest BCUT2D eigenvalue weighted by Gasteiger charge is 2.11. The fourth-order valence-corrected chi connectivity index (χ4v) is 2.35. The van der Waals surface area contributed by atoms with Crippen LogP contribution in [0.5, 0.6) is 0 Å². The number of hydrogen-bond donors (Lipinski definition) is 3. The van der Waals surface area contributed by atoms with Crippen molar-refractivity contribution in [3.63, 3.8) is 0 Å². The van der Waals surface area contributed by atoms with Gasteiger partial charge >= 0.3 is 0 Å². The molecule has 0 spiro atoms. The van der Waals surface area contributed by atoms with Gasteiger partial charge in [-0.2, -0.15) is 0 Å². The summed E-state index contributed by atoms with van der Waals surface area (Å²) >= 11 is 0. The van der Waals surface area contributed by atoms with Crippen molar-refractivity contribution in [1.82, 2.24) is 15.0 Å². The number of anilines is 1. The van der Waals surface area contributed by atoms with Gasteiger partial charge < -0.3 is 9.88 Å². The van der Waals surface area contributed by atoms with Gasteiger partial charge in [0.2, 0.25) is 0 Å². The third-order valence-corrected chi connectivity index (χ3v) is 3.56. The molecule has 3 aromatic rings. The highest BCUT2D eigenvalue weighted by atomic mass is 16.5. The number of para-hydroxylation sites is 1. The van der Waals surface area contributed by atoms with E-state index in [2.05, 4.69) is 10.3 Å². The van der Waals surface area contributed by atoms with Crippen LogP contribution in [0.4, 0.5) is 5.69 Å². The predicted octanol–water partition coefficient (Wildman–Crippen LogP) is 2.30. The molecule has 0 saturated heterocycles. The molecule has 1 aromatic heterocycles. The number of hydrogen-bond acceptors (Lipinski definition) is 4. The summed E-state index contributed by atoms with van der Waals surface area (Å²) in [6, 6.07) is 15.0. The van der Waals surface area contributed by atoms with Crippen LogP contribution in [0.1, 0.15) is 16.2 Å². The van der Waals surface area contributed by atoms with Crippen LogP contribution in [0.25, 0.3) is 11.0 Å². The van der Waals surface area contributed by atoms with Crippen LogP contribution >= 0.6 is 0 Å². The van der Waals surface area contributed by atoms with Gasteiger partial charge in [-0.1, -0.05) is 18.2 Å². The quantitative estimate of drug-likeness (QED) is 0.510. The molecule has 0 aliphatic rings. The second-order valence-corrected chi connectivity index (χ2v) is 4.95. The van der Waals surface area contributed by atoms with Gasteiger partial charge in [-0.15, -0.1) is 0 Å². The third kappa shape index (κ3) is 2.64. The largest absolute Gasteiger partial charge is 0.378 e. The van der Waals surface area contributed by atoms with Crippen LogP contribution in [-0.4, -0.2) is 20.7 Å². The predicted molar refractivity (Wildman–Crippen MR) is 83.7 cm³/mol. The smallest absolute Gasteiger partial charge is 0.274 e. The van der Waals surface area contributed by atoms with E-state index in [9.17, 15) is 4.79 Å². The number of rotatable bonds is 4. The molecule has 3 rings (SSSR count). The van der Waals surface area contributed by atoms with Gasteiger partial charge in [0, 0.05) is 18.3 Å². The lowest BCUT2D eigenvalue weighted by molar-refractivity contribution is 0.0706. The molecular weight excluding hydrogens is 280 g/mol. The average molecular weight is 296 g/mol. The zero-order valence-corrected chi connectivity index (χ0v) is 12.1. The summed E-state index contributed by atoms with van der Waals surface area (Å²) in [4.78, 5) is 16.0. The Balaban J connectivity index is 1.87. The van der Waals surface area contributed by atoms with Crippen LogP contribution in [0.15, 0.2) is 48.5 Å². The number of amides is 1. The number of carbonyl (C=O) groups excluding carboxylic acids is 1. The maximum absolute atomic E-state index is 11.5. The van der Waals surface area contributed by atoms with Gasteiger partial charge in [0.15, 0.2) is 0 Å². The molecule has 1 heterocycles. The lowest BCUT2D eigenvalue weighted by Crippen LogP contribution is -2.18. The number of carbonyl (C=O) groups is 1. The number of nitrogens with zero attached hydrogens (tertiary/aromatic N) is 2. The molecule has 3 N–H and O–H groups in total. The van der Waals surface area contributed by atoms with Crippen molar-refractivity contribution >= 4 is 22.6 Å². The first-order valence-electron chi connectivity index (χ1n) is 6.88. The van der Waals surface area contributed by atoms with Crippen LogP contribution in [0, 0.1) is 0 Å². The van der Waals surface area contributed by atoms with E-state index in [4.69, 9.17) is 5.21 Å². The van der Waals surface area contributed by atoms with Crippen LogP contribution in [0.3, 0.4) is 0 Å². The van der Waals surface area contributed by atoms with E-state index in [-0.39, 0.29) is 0 Å². The molecule has 0 aliphatic heterocycles. The number of aromatic nitrogens is 2. The number of benzene rings is 2. The zero-order chi connectivity index (χ0) is 15.5. The number of fused-ring (bicyclic) bond motifs is 1. The number of aryl methyl sites for hydroxylation is 1. The molecule has 0 bridgehead atoms. The summed E-state index contributed by atoms with van der Waals surface area (Å²) in [7, 11) is 1.93. The molecule has 0 radical (unpaired) electrons. The highest BCUT2D eigenvalue weighted by Crippen LogP contribution is 2.18. The Morgan fingerprint density at radius 1 is 1.23 bits per heavy atom. The number of hydroxylamine groups is 1. The molecule has 0 atom stereocenters. The molecule has 2 aromatic carbocycles. The average Bonchev–Trinajstić information content (AvgIpc) is 2.88. The minimum atomic E-state index is -0.545. The Bertz CT molecular complexity index is 812. The summed E-state index contributed by atoms with van der Waals surface area (Å²) in [6.45, 7) is 0.580. The minimum Gasteiger partial charge on any atom is -0.378 e.